The average molecular weight is 365 g/mol. The molecule has 1 aromatic heterocycles. The van der Waals surface area contributed by atoms with Crippen LogP contribution in [-0.2, 0) is 16.2 Å². The molecule has 0 radical (unpaired) electrons. The number of hydrogen-bond acceptors (Lipinski definition) is 4. The second-order valence-corrected chi connectivity index (χ2v) is 7.58. The Kier molecular flexibility index (Phi) is 5.14. The highest BCUT2D eigenvalue weighted by atomic mass is 32.2. The number of thiophene rings is 1. The van der Waals surface area contributed by atoms with Gasteiger partial charge in [-0.1, -0.05) is 6.07 Å². The minimum atomic E-state index is -4.63. The smallest absolute Gasteiger partial charge is 0.386 e. The molecule has 0 aliphatic rings. The van der Waals surface area contributed by atoms with E-state index in [0.29, 0.717) is 10.9 Å². The standard InChI is InChI=1S/C14H14F3NO3S2/c1-9-5-6-22-13(9)12(19)8-18-23(20,21)11-4-2-3-10(7-11)14(15,16)17/h2-7,12,18-19H,8H2,1H3. The van der Waals surface area contributed by atoms with Crippen LogP contribution in [0.15, 0.2) is 40.6 Å². The van der Waals surface area contributed by atoms with Crippen LogP contribution in [0.25, 0.3) is 0 Å². The molecule has 0 amide bonds. The van der Waals surface area contributed by atoms with Crippen LogP contribution in [0.1, 0.15) is 22.1 Å². The number of aliphatic hydroxyl groups is 1. The molecule has 0 aliphatic heterocycles. The molecule has 0 saturated carbocycles. The van der Waals surface area contributed by atoms with Gasteiger partial charge in [-0.25, -0.2) is 13.1 Å². The van der Waals surface area contributed by atoms with Gasteiger partial charge in [-0.05, 0) is 42.1 Å². The quantitative estimate of drug-likeness (QED) is 0.856. The van der Waals surface area contributed by atoms with Gasteiger partial charge in [0.05, 0.1) is 10.5 Å². The van der Waals surface area contributed by atoms with E-state index >= 15 is 0 Å². The highest BCUT2D eigenvalue weighted by Gasteiger charge is 2.31. The molecule has 1 aromatic carbocycles. The Labute approximate surface area is 135 Å². The van der Waals surface area contributed by atoms with Gasteiger partial charge in [0.15, 0.2) is 0 Å². The van der Waals surface area contributed by atoms with Crippen molar-refractivity contribution in [2.45, 2.75) is 24.1 Å². The molecule has 126 valence electrons. The third-order valence-electron chi connectivity index (χ3n) is 3.14. The van der Waals surface area contributed by atoms with Crippen molar-refractivity contribution in [2.24, 2.45) is 0 Å². The fourth-order valence-electron chi connectivity index (χ4n) is 1.93. The predicted molar refractivity (Wildman–Crippen MR) is 80.6 cm³/mol. The number of hydrogen-bond donors (Lipinski definition) is 2. The van der Waals surface area contributed by atoms with Gasteiger partial charge in [-0.15, -0.1) is 11.3 Å². The number of aliphatic hydroxyl groups excluding tert-OH is 1. The van der Waals surface area contributed by atoms with Gasteiger partial charge in [0.1, 0.15) is 6.10 Å². The first-order chi connectivity index (χ1) is 10.6. The van der Waals surface area contributed by atoms with Gasteiger partial charge < -0.3 is 5.11 Å². The molecule has 0 spiro atoms. The van der Waals surface area contributed by atoms with Crippen molar-refractivity contribution in [1.82, 2.24) is 4.72 Å². The molecule has 4 nitrogen and oxygen atoms in total. The summed E-state index contributed by atoms with van der Waals surface area (Å²) in [5.74, 6) is 0. The average Bonchev–Trinajstić information content (AvgIpc) is 2.90. The molecule has 23 heavy (non-hydrogen) atoms. The van der Waals surface area contributed by atoms with Crippen molar-refractivity contribution in [3.8, 4) is 0 Å². The van der Waals surface area contributed by atoms with E-state index in [4.69, 9.17) is 0 Å². The van der Waals surface area contributed by atoms with Gasteiger partial charge in [0, 0.05) is 11.4 Å². The molecule has 1 atom stereocenters. The van der Waals surface area contributed by atoms with Crippen LogP contribution in [0, 0.1) is 6.92 Å². The Morgan fingerprint density at radius 1 is 1.30 bits per heavy atom. The van der Waals surface area contributed by atoms with Crippen molar-refractivity contribution in [3.05, 3.63) is 51.7 Å². The number of sulfonamides is 1. The topological polar surface area (TPSA) is 66.4 Å². The van der Waals surface area contributed by atoms with Crippen LogP contribution < -0.4 is 4.72 Å². The molecule has 2 N–H and O–H groups in total. The minimum Gasteiger partial charge on any atom is -0.386 e. The van der Waals surface area contributed by atoms with Gasteiger partial charge in [-0.3, -0.25) is 0 Å². The van der Waals surface area contributed by atoms with Crippen molar-refractivity contribution in [3.63, 3.8) is 0 Å². The monoisotopic (exact) mass is 365 g/mol. The van der Waals surface area contributed by atoms with Crippen LogP contribution in [0.4, 0.5) is 13.2 Å². The zero-order valence-corrected chi connectivity index (χ0v) is 13.6. The normalized spacial score (nSPS) is 14.0. The lowest BCUT2D eigenvalue weighted by Crippen LogP contribution is -2.28. The lowest BCUT2D eigenvalue weighted by molar-refractivity contribution is -0.137. The largest absolute Gasteiger partial charge is 0.416 e. The van der Waals surface area contributed by atoms with E-state index < -0.39 is 32.8 Å². The molecule has 1 heterocycles. The first-order valence-corrected chi connectivity index (χ1v) is 8.86. The van der Waals surface area contributed by atoms with Crippen LogP contribution in [-0.4, -0.2) is 20.1 Å². The summed E-state index contributed by atoms with van der Waals surface area (Å²) in [4.78, 5) is 0.110. The summed E-state index contributed by atoms with van der Waals surface area (Å²) in [5.41, 5.74) is -0.226. The molecular formula is C14H14F3NO3S2. The molecule has 2 aromatic rings. The zero-order valence-electron chi connectivity index (χ0n) is 12.0. The summed E-state index contributed by atoms with van der Waals surface area (Å²) in [5, 5.41) is 11.7. The molecule has 2 rings (SSSR count). The molecular weight excluding hydrogens is 351 g/mol. The SMILES string of the molecule is Cc1ccsc1C(O)CNS(=O)(=O)c1cccc(C(F)(F)F)c1. The Balaban J connectivity index is 2.15. The van der Waals surface area contributed by atoms with Crippen molar-refractivity contribution in [2.75, 3.05) is 6.54 Å². The molecule has 9 heteroatoms. The number of aryl methyl sites for hydroxylation is 1. The molecule has 0 bridgehead atoms. The first kappa shape index (κ1) is 17.9. The summed E-state index contributed by atoms with van der Waals surface area (Å²) in [7, 11) is -4.15. The van der Waals surface area contributed by atoms with Crippen LogP contribution in [0.5, 0.6) is 0 Å². The molecule has 0 saturated heterocycles. The lowest BCUT2D eigenvalue weighted by atomic mass is 10.2. The highest BCUT2D eigenvalue weighted by Crippen LogP contribution is 2.30. The second kappa shape index (κ2) is 6.60. The van der Waals surface area contributed by atoms with Gasteiger partial charge >= 0.3 is 6.18 Å². The number of rotatable bonds is 5. The van der Waals surface area contributed by atoms with E-state index in [2.05, 4.69) is 4.72 Å². The molecule has 0 aliphatic carbocycles. The van der Waals surface area contributed by atoms with Gasteiger partial charge in [-0.2, -0.15) is 13.2 Å². The first-order valence-electron chi connectivity index (χ1n) is 6.50. The van der Waals surface area contributed by atoms with E-state index in [1.165, 1.54) is 11.3 Å². The van der Waals surface area contributed by atoms with Gasteiger partial charge in [0.25, 0.3) is 0 Å². The van der Waals surface area contributed by atoms with E-state index in [0.717, 1.165) is 23.8 Å². The van der Waals surface area contributed by atoms with Crippen LogP contribution in [0.3, 0.4) is 0 Å². The highest BCUT2D eigenvalue weighted by molar-refractivity contribution is 7.89. The van der Waals surface area contributed by atoms with E-state index in [1.807, 2.05) is 0 Å². The van der Waals surface area contributed by atoms with Crippen LogP contribution >= 0.6 is 11.3 Å². The maximum Gasteiger partial charge on any atom is 0.416 e. The Morgan fingerprint density at radius 2 is 2.00 bits per heavy atom. The van der Waals surface area contributed by atoms with Crippen molar-refractivity contribution < 1.29 is 26.7 Å². The summed E-state index contributed by atoms with van der Waals surface area (Å²) >= 11 is 1.28. The Morgan fingerprint density at radius 3 is 2.57 bits per heavy atom. The summed E-state index contributed by atoms with van der Waals surface area (Å²) in [6.45, 7) is 1.45. The number of benzene rings is 1. The van der Waals surface area contributed by atoms with Crippen molar-refractivity contribution >= 4 is 21.4 Å². The molecule has 0 fully saturated rings. The number of alkyl halides is 3. The lowest BCUT2D eigenvalue weighted by Gasteiger charge is -2.13. The third-order valence-corrected chi connectivity index (χ3v) is 5.68. The van der Waals surface area contributed by atoms with E-state index in [9.17, 15) is 26.7 Å². The third kappa shape index (κ3) is 4.31. The van der Waals surface area contributed by atoms with Crippen LogP contribution in [0.2, 0.25) is 0 Å². The summed E-state index contributed by atoms with van der Waals surface area (Å²) < 4.78 is 64.2. The fourth-order valence-corrected chi connectivity index (χ4v) is 3.93. The number of nitrogens with one attached hydrogen (secondary N) is 1. The summed E-state index contributed by atoms with van der Waals surface area (Å²) in [6.07, 6.45) is -5.69. The second-order valence-electron chi connectivity index (χ2n) is 4.86. The van der Waals surface area contributed by atoms with Crippen molar-refractivity contribution in [1.29, 1.82) is 0 Å². The van der Waals surface area contributed by atoms with E-state index in [-0.39, 0.29) is 6.54 Å². The number of halogens is 3. The maximum atomic E-state index is 12.6. The van der Waals surface area contributed by atoms with Gasteiger partial charge in [0.2, 0.25) is 10.0 Å². The predicted octanol–water partition coefficient (Wildman–Crippen LogP) is 3.09. The Hall–Kier alpha value is -1.42. The Bertz CT molecular complexity index is 785. The fraction of sp³-hybridized carbons (Fsp3) is 0.286. The summed E-state index contributed by atoms with van der Waals surface area (Å²) in [6, 6.07) is 5.23. The van der Waals surface area contributed by atoms with E-state index in [1.54, 1.807) is 18.4 Å². The maximum absolute atomic E-state index is 12.6. The zero-order chi connectivity index (χ0) is 17.3. The minimum absolute atomic E-state index is 0.320. The molecule has 1 unspecified atom stereocenters.